The summed E-state index contributed by atoms with van der Waals surface area (Å²) < 4.78 is 0.963. The highest BCUT2D eigenvalue weighted by molar-refractivity contribution is 9.10. The smallest absolute Gasteiger partial charge is 0.177 e. The van der Waals surface area contributed by atoms with Gasteiger partial charge in [-0.2, -0.15) is 0 Å². The number of rotatable bonds is 2. The predicted octanol–water partition coefficient (Wildman–Crippen LogP) is 2.92. The highest BCUT2D eigenvalue weighted by Crippen LogP contribution is 2.29. The molecule has 0 aromatic carbocycles. The Morgan fingerprint density at radius 3 is 2.89 bits per heavy atom. The molecular formula is C13H17BrN4. The molecule has 0 unspecified atom stereocenters. The van der Waals surface area contributed by atoms with Gasteiger partial charge in [-0.25, -0.2) is 9.97 Å². The van der Waals surface area contributed by atoms with E-state index in [9.17, 15) is 0 Å². The van der Waals surface area contributed by atoms with E-state index >= 15 is 0 Å². The number of fused-ring (bicyclic) bond motifs is 1. The van der Waals surface area contributed by atoms with Gasteiger partial charge in [-0.3, -0.25) is 0 Å². The van der Waals surface area contributed by atoms with E-state index < -0.39 is 0 Å². The Morgan fingerprint density at radius 1 is 1.33 bits per heavy atom. The third-order valence-corrected chi connectivity index (χ3v) is 4.16. The molecule has 1 aliphatic carbocycles. The zero-order valence-electron chi connectivity index (χ0n) is 10.2. The minimum atomic E-state index is -0.0800. The molecule has 0 saturated heterocycles. The number of pyridine rings is 1. The van der Waals surface area contributed by atoms with Crippen LogP contribution >= 0.6 is 15.9 Å². The average molecular weight is 309 g/mol. The van der Waals surface area contributed by atoms with Gasteiger partial charge in [-0.15, -0.1) is 0 Å². The molecule has 3 N–H and O–H groups in total. The summed E-state index contributed by atoms with van der Waals surface area (Å²) in [4.78, 5) is 12.1. The number of H-pyrrole nitrogens is 1. The lowest BCUT2D eigenvalue weighted by molar-refractivity contribution is 0.290. The maximum absolute atomic E-state index is 6.45. The van der Waals surface area contributed by atoms with E-state index in [2.05, 4.69) is 30.9 Å². The Hall–Kier alpha value is -0.940. The van der Waals surface area contributed by atoms with Crippen molar-refractivity contribution in [2.75, 3.05) is 0 Å². The number of hydrogen-bond acceptors (Lipinski definition) is 3. The quantitative estimate of drug-likeness (QED) is 0.896. The molecule has 0 spiro atoms. The number of aromatic amines is 1. The number of halogens is 1. The Bertz CT molecular complexity index is 557. The SMILES string of the molecule is NC1(Cc2nc3ncc(Br)cc3[nH]2)CCCCC1. The maximum atomic E-state index is 6.45. The molecule has 0 amide bonds. The maximum Gasteiger partial charge on any atom is 0.177 e. The van der Waals surface area contributed by atoms with Crippen molar-refractivity contribution in [2.24, 2.45) is 5.73 Å². The van der Waals surface area contributed by atoms with Crippen LogP contribution in [0.5, 0.6) is 0 Å². The van der Waals surface area contributed by atoms with Gasteiger partial charge in [-0.1, -0.05) is 19.3 Å². The molecule has 1 fully saturated rings. The lowest BCUT2D eigenvalue weighted by atomic mass is 9.80. The molecule has 4 nitrogen and oxygen atoms in total. The molecule has 0 aliphatic heterocycles. The molecular weight excluding hydrogens is 292 g/mol. The molecule has 5 heteroatoms. The highest BCUT2D eigenvalue weighted by Gasteiger charge is 2.28. The summed E-state index contributed by atoms with van der Waals surface area (Å²) in [6.45, 7) is 0. The zero-order valence-corrected chi connectivity index (χ0v) is 11.8. The normalized spacial score (nSPS) is 19.2. The third-order valence-electron chi connectivity index (χ3n) is 3.72. The van der Waals surface area contributed by atoms with Crippen LogP contribution in [0, 0.1) is 0 Å². The van der Waals surface area contributed by atoms with Crippen LogP contribution in [-0.4, -0.2) is 20.5 Å². The molecule has 3 rings (SSSR count). The summed E-state index contributed by atoms with van der Waals surface area (Å²) in [6, 6.07) is 2.00. The van der Waals surface area contributed by atoms with Crippen molar-refractivity contribution in [3.05, 3.63) is 22.6 Å². The molecule has 2 aromatic rings. The van der Waals surface area contributed by atoms with E-state index in [1.165, 1.54) is 19.3 Å². The molecule has 0 bridgehead atoms. The van der Waals surface area contributed by atoms with Gasteiger partial charge in [0.05, 0.1) is 5.52 Å². The van der Waals surface area contributed by atoms with Gasteiger partial charge < -0.3 is 10.7 Å². The van der Waals surface area contributed by atoms with E-state index in [0.29, 0.717) is 0 Å². The summed E-state index contributed by atoms with van der Waals surface area (Å²) in [5.74, 6) is 0.958. The minimum absolute atomic E-state index is 0.0800. The molecule has 0 radical (unpaired) electrons. The Morgan fingerprint density at radius 2 is 2.11 bits per heavy atom. The van der Waals surface area contributed by atoms with Crippen molar-refractivity contribution in [3.63, 3.8) is 0 Å². The topological polar surface area (TPSA) is 67.6 Å². The fourth-order valence-corrected chi connectivity index (χ4v) is 3.11. The molecule has 18 heavy (non-hydrogen) atoms. The van der Waals surface area contributed by atoms with Gasteiger partial charge in [0.25, 0.3) is 0 Å². The van der Waals surface area contributed by atoms with Gasteiger partial charge in [0, 0.05) is 22.6 Å². The second-order valence-corrected chi connectivity index (χ2v) is 6.22. The van der Waals surface area contributed by atoms with E-state index in [4.69, 9.17) is 5.73 Å². The number of imidazole rings is 1. The van der Waals surface area contributed by atoms with Crippen molar-refractivity contribution in [1.82, 2.24) is 15.0 Å². The van der Waals surface area contributed by atoms with Crippen LogP contribution in [0.4, 0.5) is 0 Å². The zero-order chi connectivity index (χ0) is 12.6. The predicted molar refractivity (Wildman–Crippen MR) is 75.3 cm³/mol. The first kappa shape index (κ1) is 12.1. The van der Waals surface area contributed by atoms with Crippen LogP contribution in [0.2, 0.25) is 0 Å². The summed E-state index contributed by atoms with van der Waals surface area (Å²) in [5.41, 5.74) is 8.12. The lowest BCUT2D eigenvalue weighted by Crippen LogP contribution is -2.44. The largest absolute Gasteiger partial charge is 0.341 e. The molecule has 1 saturated carbocycles. The number of nitrogens with zero attached hydrogens (tertiary/aromatic N) is 2. The fourth-order valence-electron chi connectivity index (χ4n) is 2.77. The Balaban J connectivity index is 1.86. The molecule has 2 heterocycles. The second kappa shape index (κ2) is 4.63. The highest BCUT2D eigenvalue weighted by atomic mass is 79.9. The number of hydrogen-bond donors (Lipinski definition) is 2. The van der Waals surface area contributed by atoms with Crippen LogP contribution in [-0.2, 0) is 6.42 Å². The first-order valence-electron chi connectivity index (χ1n) is 6.44. The van der Waals surface area contributed by atoms with Gasteiger partial charge >= 0.3 is 0 Å². The van der Waals surface area contributed by atoms with Crippen LogP contribution in [0.1, 0.15) is 37.9 Å². The number of aromatic nitrogens is 3. The average Bonchev–Trinajstić information content (AvgIpc) is 2.70. The van der Waals surface area contributed by atoms with Crippen LogP contribution in [0.15, 0.2) is 16.7 Å². The molecule has 96 valence electrons. The standard InChI is InChI=1S/C13H17BrN4/c14-9-6-10-12(16-8-9)18-11(17-10)7-13(15)4-2-1-3-5-13/h6,8H,1-5,7,15H2,(H,16,17,18). The Labute approximate surface area is 115 Å². The summed E-state index contributed by atoms with van der Waals surface area (Å²) in [5, 5.41) is 0. The van der Waals surface area contributed by atoms with E-state index in [1.54, 1.807) is 6.20 Å². The molecule has 0 atom stereocenters. The fraction of sp³-hybridized carbons (Fsp3) is 0.538. The van der Waals surface area contributed by atoms with Crippen molar-refractivity contribution in [3.8, 4) is 0 Å². The van der Waals surface area contributed by atoms with E-state index in [1.807, 2.05) is 6.07 Å². The summed E-state index contributed by atoms with van der Waals surface area (Å²) in [6.07, 6.45) is 8.57. The third kappa shape index (κ3) is 2.42. The van der Waals surface area contributed by atoms with Crippen LogP contribution < -0.4 is 5.73 Å². The second-order valence-electron chi connectivity index (χ2n) is 5.31. The van der Waals surface area contributed by atoms with Gasteiger partial charge in [0.15, 0.2) is 5.65 Å². The molecule has 2 aromatic heterocycles. The van der Waals surface area contributed by atoms with Gasteiger partial charge in [0.2, 0.25) is 0 Å². The minimum Gasteiger partial charge on any atom is -0.341 e. The van der Waals surface area contributed by atoms with Gasteiger partial charge in [0.1, 0.15) is 5.82 Å². The first-order valence-corrected chi connectivity index (χ1v) is 7.23. The van der Waals surface area contributed by atoms with Crippen molar-refractivity contribution in [1.29, 1.82) is 0 Å². The van der Waals surface area contributed by atoms with Crippen molar-refractivity contribution < 1.29 is 0 Å². The monoisotopic (exact) mass is 308 g/mol. The van der Waals surface area contributed by atoms with Crippen LogP contribution in [0.3, 0.4) is 0 Å². The summed E-state index contributed by atoms with van der Waals surface area (Å²) in [7, 11) is 0. The van der Waals surface area contributed by atoms with Crippen LogP contribution in [0.25, 0.3) is 11.2 Å². The summed E-state index contributed by atoms with van der Waals surface area (Å²) >= 11 is 3.42. The molecule has 1 aliphatic rings. The lowest BCUT2D eigenvalue weighted by Gasteiger charge is -2.32. The number of nitrogens with one attached hydrogen (secondary N) is 1. The van der Waals surface area contributed by atoms with Crippen molar-refractivity contribution >= 4 is 27.1 Å². The van der Waals surface area contributed by atoms with Crippen molar-refractivity contribution in [2.45, 2.75) is 44.1 Å². The van der Waals surface area contributed by atoms with Gasteiger partial charge in [-0.05, 0) is 34.8 Å². The first-order chi connectivity index (χ1) is 8.65. The Kier molecular flexibility index (Phi) is 3.11. The van der Waals surface area contributed by atoms with E-state index in [-0.39, 0.29) is 5.54 Å². The number of nitrogens with two attached hydrogens (primary N) is 1. The van der Waals surface area contributed by atoms with E-state index in [0.717, 1.165) is 40.7 Å².